The Morgan fingerprint density at radius 3 is 2.47 bits per heavy atom. The van der Waals surface area contributed by atoms with Crippen LogP contribution in [-0.2, 0) is 6.42 Å². The van der Waals surface area contributed by atoms with E-state index in [-0.39, 0.29) is 11.5 Å². The molecule has 0 amide bonds. The SMILES string of the molecule is CC(C)=CCC/C(C)=C/CCC1(C)Oc2c(C=O)c(C=O)cc(Oc3ccccc3)c2CC1C. The summed E-state index contributed by atoms with van der Waals surface area (Å²) in [5.41, 5.74) is 3.70. The molecule has 0 aromatic heterocycles. The number of hydrogen-bond acceptors (Lipinski definition) is 4. The molecule has 34 heavy (non-hydrogen) atoms. The minimum atomic E-state index is -0.451. The summed E-state index contributed by atoms with van der Waals surface area (Å²) in [4.78, 5) is 23.8. The van der Waals surface area contributed by atoms with Crippen LogP contribution in [0.3, 0.4) is 0 Å². The van der Waals surface area contributed by atoms with Crippen LogP contribution in [-0.4, -0.2) is 18.2 Å². The van der Waals surface area contributed by atoms with Crippen LogP contribution < -0.4 is 9.47 Å². The Kier molecular flexibility index (Phi) is 8.49. The largest absolute Gasteiger partial charge is 0.486 e. The number of rotatable bonds is 10. The number of benzene rings is 2. The summed E-state index contributed by atoms with van der Waals surface area (Å²) < 4.78 is 12.7. The molecule has 1 heterocycles. The summed E-state index contributed by atoms with van der Waals surface area (Å²) in [6.07, 6.45) is 10.5. The summed E-state index contributed by atoms with van der Waals surface area (Å²) in [7, 11) is 0. The number of para-hydroxylation sites is 1. The van der Waals surface area contributed by atoms with E-state index in [9.17, 15) is 9.59 Å². The van der Waals surface area contributed by atoms with E-state index >= 15 is 0 Å². The van der Waals surface area contributed by atoms with Gasteiger partial charge in [0.25, 0.3) is 0 Å². The molecule has 1 aliphatic rings. The standard InChI is InChI=1S/C30H36O4/c1-21(2)11-9-12-22(3)13-10-16-30(5)23(4)17-26-28(33-25-14-7-6-8-15-25)18-24(19-31)27(20-32)29(26)34-30/h6-8,11,13-15,18-20,23H,9-10,12,16-17H2,1-5H3/b22-13+. The van der Waals surface area contributed by atoms with Crippen molar-refractivity contribution in [2.45, 2.75) is 72.3 Å². The fraction of sp³-hybridized carbons (Fsp3) is 0.400. The lowest BCUT2D eigenvalue weighted by Gasteiger charge is -2.42. The molecule has 1 aliphatic heterocycles. The minimum absolute atomic E-state index is 0.207. The van der Waals surface area contributed by atoms with Crippen molar-refractivity contribution in [3.63, 3.8) is 0 Å². The molecule has 0 saturated heterocycles. The Hall–Kier alpha value is -3.14. The fourth-order valence-corrected chi connectivity index (χ4v) is 4.40. The van der Waals surface area contributed by atoms with Gasteiger partial charge in [-0.15, -0.1) is 0 Å². The van der Waals surface area contributed by atoms with Crippen LogP contribution in [0.15, 0.2) is 59.7 Å². The highest BCUT2D eigenvalue weighted by molar-refractivity contribution is 5.94. The third kappa shape index (κ3) is 6.05. The van der Waals surface area contributed by atoms with Crippen LogP contribution in [0, 0.1) is 5.92 Å². The molecule has 4 nitrogen and oxygen atoms in total. The number of aldehydes is 2. The molecule has 3 rings (SSSR count). The molecule has 0 saturated carbocycles. The topological polar surface area (TPSA) is 52.6 Å². The van der Waals surface area contributed by atoms with Crippen molar-refractivity contribution in [1.82, 2.24) is 0 Å². The Balaban J connectivity index is 1.86. The third-order valence-corrected chi connectivity index (χ3v) is 6.74. The molecule has 0 fully saturated rings. The lowest BCUT2D eigenvalue weighted by molar-refractivity contribution is 0.00911. The molecule has 4 heteroatoms. The van der Waals surface area contributed by atoms with Gasteiger partial charge in [0.15, 0.2) is 12.6 Å². The predicted molar refractivity (Wildman–Crippen MR) is 137 cm³/mol. The molecule has 2 unspecified atom stereocenters. The first-order valence-electron chi connectivity index (χ1n) is 12.1. The Morgan fingerprint density at radius 2 is 1.82 bits per heavy atom. The normalized spacial score (nSPS) is 19.6. The Bertz CT molecular complexity index is 1080. The lowest BCUT2D eigenvalue weighted by Crippen LogP contribution is -2.44. The maximum absolute atomic E-state index is 12.0. The Labute approximate surface area is 203 Å². The zero-order valence-corrected chi connectivity index (χ0v) is 21.0. The van der Waals surface area contributed by atoms with E-state index in [4.69, 9.17) is 9.47 Å². The van der Waals surface area contributed by atoms with Gasteiger partial charge in [0, 0.05) is 11.1 Å². The average Bonchev–Trinajstić information content (AvgIpc) is 2.80. The molecule has 0 radical (unpaired) electrons. The molecule has 180 valence electrons. The lowest BCUT2D eigenvalue weighted by atomic mass is 9.78. The second-order valence-corrected chi connectivity index (χ2v) is 9.77. The summed E-state index contributed by atoms with van der Waals surface area (Å²) >= 11 is 0. The molecule has 0 N–H and O–H groups in total. The van der Waals surface area contributed by atoms with Gasteiger partial charge in [-0.25, -0.2) is 0 Å². The van der Waals surface area contributed by atoms with Crippen LogP contribution in [0.5, 0.6) is 17.2 Å². The second-order valence-electron chi connectivity index (χ2n) is 9.77. The van der Waals surface area contributed by atoms with Gasteiger partial charge in [-0.1, -0.05) is 48.4 Å². The van der Waals surface area contributed by atoms with Gasteiger partial charge in [-0.2, -0.15) is 0 Å². The van der Waals surface area contributed by atoms with Crippen LogP contribution >= 0.6 is 0 Å². The number of allylic oxidation sites excluding steroid dienone is 4. The fourth-order valence-electron chi connectivity index (χ4n) is 4.40. The molecular weight excluding hydrogens is 424 g/mol. The average molecular weight is 461 g/mol. The molecular formula is C30H36O4. The molecule has 0 bridgehead atoms. The molecule has 2 aromatic carbocycles. The van der Waals surface area contributed by atoms with Gasteiger partial charge >= 0.3 is 0 Å². The smallest absolute Gasteiger partial charge is 0.154 e. The van der Waals surface area contributed by atoms with Crippen molar-refractivity contribution >= 4 is 12.6 Å². The van der Waals surface area contributed by atoms with Crippen molar-refractivity contribution < 1.29 is 19.1 Å². The first-order valence-corrected chi connectivity index (χ1v) is 12.1. The highest BCUT2D eigenvalue weighted by Gasteiger charge is 2.40. The number of ether oxygens (including phenoxy) is 2. The van der Waals surface area contributed by atoms with E-state index < -0.39 is 5.60 Å². The first-order chi connectivity index (χ1) is 16.3. The van der Waals surface area contributed by atoms with Gasteiger partial charge in [0.1, 0.15) is 22.8 Å². The van der Waals surface area contributed by atoms with Crippen molar-refractivity contribution in [1.29, 1.82) is 0 Å². The zero-order valence-electron chi connectivity index (χ0n) is 21.0. The van der Waals surface area contributed by atoms with Crippen molar-refractivity contribution in [3.8, 4) is 17.2 Å². The number of carbonyl (C=O) groups excluding carboxylic acids is 2. The molecule has 0 aliphatic carbocycles. The van der Waals surface area contributed by atoms with Crippen LogP contribution in [0.1, 0.15) is 86.6 Å². The highest BCUT2D eigenvalue weighted by atomic mass is 16.5. The zero-order chi connectivity index (χ0) is 24.7. The van der Waals surface area contributed by atoms with Crippen LogP contribution in [0.25, 0.3) is 0 Å². The molecule has 2 atom stereocenters. The van der Waals surface area contributed by atoms with Crippen molar-refractivity contribution in [2.75, 3.05) is 0 Å². The molecule has 0 spiro atoms. The van der Waals surface area contributed by atoms with E-state index in [1.807, 2.05) is 30.3 Å². The van der Waals surface area contributed by atoms with Crippen LogP contribution in [0.4, 0.5) is 0 Å². The van der Waals surface area contributed by atoms with E-state index in [2.05, 4.69) is 46.8 Å². The van der Waals surface area contributed by atoms with Gasteiger partial charge in [0.2, 0.25) is 0 Å². The first kappa shape index (κ1) is 25.5. The van der Waals surface area contributed by atoms with Gasteiger partial charge < -0.3 is 9.47 Å². The third-order valence-electron chi connectivity index (χ3n) is 6.74. The minimum Gasteiger partial charge on any atom is -0.486 e. The summed E-state index contributed by atoms with van der Waals surface area (Å²) in [6.45, 7) is 10.7. The van der Waals surface area contributed by atoms with E-state index in [0.29, 0.717) is 35.5 Å². The maximum Gasteiger partial charge on any atom is 0.154 e. The Morgan fingerprint density at radius 1 is 1.09 bits per heavy atom. The van der Waals surface area contributed by atoms with E-state index in [1.165, 1.54) is 11.1 Å². The number of carbonyl (C=O) groups is 2. The molecule has 2 aromatic rings. The van der Waals surface area contributed by atoms with E-state index in [0.717, 1.165) is 37.5 Å². The monoisotopic (exact) mass is 460 g/mol. The van der Waals surface area contributed by atoms with Crippen molar-refractivity contribution in [3.05, 3.63) is 76.4 Å². The number of fused-ring (bicyclic) bond motifs is 1. The van der Waals surface area contributed by atoms with Crippen LogP contribution in [0.2, 0.25) is 0 Å². The van der Waals surface area contributed by atoms with Gasteiger partial charge in [-0.05, 0) is 83.9 Å². The van der Waals surface area contributed by atoms with Gasteiger partial charge in [-0.3, -0.25) is 9.59 Å². The second kappa shape index (κ2) is 11.3. The summed E-state index contributed by atoms with van der Waals surface area (Å²) in [6, 6.07) is 11.1. The maximum atomic E-state index is 12.0. The number of hydrogen-bond donors (Lipinski definition) is 0. The highest BCUT2D eigenvalue weighted by Crippen LogP contribution is 2.46. The quantitative estimate of drug-likeness (QED) is 0.267. The van der Waals surface area contributed by atoms with Crippen molar-refractivity contribution in [2.24, 2.45) is 5.92 Å². The summed E-state index contributed by atoms with van der Waals surface area (Å²) in [5.74, 6) is 1.93. The van der Waals surface area contributed by atoms with E-state index in [1.54, 1.807) is 6.07 Å². The summed E-state index contributed by atoms with van der Waals surface area (Å²) in [5, 5.41) is 0. The predicted octanol–water partition coefficient (Wildman–Crippen LogP) is 7.91. The van der Waals surface area contributed by atoms with Gasteiger partial charge in [0.05, 0.1) is 5.56 Å².